The molecule has 3 rings (SSSR count). The van der Waals surface area contributed by atoms with E-state index in [4.69, 9.17) is 0 Å². The monoisotopic (exact) mass is 355 g/mol. The Balaban J connectivity index is 2.00. The van der Waals surface area contributed by atoms with Crippen LogP contribution in [-0.4, -0.2) is 18.6 Å². The maximum Gasteiger partial charge on any atom is 0.264 e. The number of nitrogens with zero attached hydrogens (tertiary/aromatic N) is 1. The van der Waals surface area contributed by atoms with Crippen molar-refractivity contribution in [2.45, 2.75) is 18.7 Å². The van der Waals surface area contributed by atoms with E-state index in [-0.39, 0.29) is 10.5 Å². The third-order valence-corrected chi connectivity index (χ3v) is 5.28. The maximum atomic E-state index is 12.8. The second-order valence-corrected chi connectivity index (χ2v) is 7.41. The molecule has 25 heavy (non-hydrogen) atoms. The molecule has 2 N–H and O–H groups in total. The van der Waals surface area contributed by atoms with Crippen LogP contribution in [0.4, 0.5) is 5.69 Å². The molecule has 0 spiro atoms. The Morgan fingerprint density at radius 3 is 2.32 bits per heavy atom. The van der Waals surface area contributed by atoms with Gasteiger partial charge in [0.15, 0.2) is 0 Å². The molecule has 0 amide bonds. The standard InChI is InChI=1S/C18H17N3O3S/c1-12-3-7-15(8-4-12)21-25(23,24)17-11-14(6-5-13(17)2)16-9-10-18(22)20-19-16/h3-11,21H,1-2H3,(H,20,22). The van der Waals surface area contributed by atoms with Gasteiger partial charge in [0, 0.05) is 17.3 Å². The molecule has 1 heterocycles. The van der Waals surface area contributed by atoms with Crippen LogP contribution in [0.15, 0.2) is 64.3 Å². The summed E-state index contributed by atoms with van der Waals surface area (Å²) in [4.78, 5) is 11.3. The van der Waals surface area contributed by atoms with E-state index in [1.54, 1.807) is 43.3 Å². The number of rotatable bonds is 4. The number of benzene rings is 2. The predicted molar refractivity (Wildman–Crippen MR) is 97.0 cm³/mol. The molecule has 0 saturated carbocycles. The molecule has 0 aliphatic rings. The fourth-order valence-electron chi connectivity index (χ4n) is 2.39. The summed E-state index contributed by atoms with van der Waals surface area (Å²) in [6, 6.07) is 15.0. The van der Waals surface area contributed by atoms with E-state index in [1.807, 2.05) is 19.1 Å². The molecule has 0 saturated heterocycles. The molecule has 0 fully saturated rings. The Kier molecular flexibility index (Phi) is 4.41. The van der Waals surface area contributed by atoms with E-state index in [0.717, 1.165) is 5.56 Å². The number of nitrogens with one attached hydrogen (secondary N) is 2. The minimum atomic E-state index is -3.75. The van der Waals surface area contributed by atoms with Crippen LogP contribution in [0.3, 0.4) is 0 Å². The van der Waals surface area contributed by atoms with Gasteiger partial charge in [-0.3, -0.25) is 9.52 Å². The van der Waals surface area contributed by atoms with Crippen molar-refractivity contribution >= 4 is 15.7 Å². The number of aromatic nitrogens is 2. The van der Waals surface area contributed by atoms with E-state index in [0.29, 0.717) is 22.5 Å². The largest absolute Gasteiger partial charge is 0.280 e. The van der Waals surface area contributed by atoms with Crippen molar-refractivity contribution in [2.24, 2.45) is 0 Å². The average Bonchev–Trinajstić information content (AvgIpc) is 2.58. The van der Waals surface area contributed by atoms with Gasteiger partial charge >= 0.3 is 0 Å². The number of hydrogen-bond acceptors (Lipinski definition) is 4. The zero-order chi connectivity index (χ0) is 18.0. The quantitative estimate of drug-likeness (QED) is 0.753. The number of aryl methyl sites for hydroxylation is 2. The smallest absolute Gasteiger partial charge is 0.264 e. The summed E-state index contributed by atoms with van der Waals surface area (Å²) >= 11 is 0. The van der Waals surface area contributed by atoms with Crippen molar-refractivity contribution in [1.29, 1.82) is 0 Å². The first-order valence-electron chi connectivity index (χ1n) is 7.61. The van der Waals surface area contributed by atoms with Crippen molar-refractivity contribution in [3.63, 3.8) is 0 Å². The Morgan fingerprint density at radius 2 is 1.68 bits per heavy atom. The van der Waals surface area contributed by atoms with E-state index in [9.17, 15) is 13.2 Å². The topological polar surface area (TPSA) is 91.9 Å². The molecule has 0 aliphatic heterocycles. The number of hydrogen-bond donors (Lipinski definition) is 2. The van der Waals surface area contributed by atoms with Gasteiger partial charge in [-0.25, -0.2) is 13.5 Å². The van der Waals surface area contributed by atoms with Crippen LogP contribution >= 0.6 is 0 Å². The van der Waals surface area contributed by atoms with Gasteiger partial charge < -0.3 is 0 Å². The average molecular weight is 355 g/mol. The van der Waals surface area contributed by atoms with Gasteiger partial charge in [0.1, 0.15) is 0 Å². The summed E-state index contributed by atoms with van der Waals surface area (Å²) in [5, 5.41) is 6.29. The summed E-state index contributed by atoms with van der Waals surface area (Å²) in [6.45, 7) is 3.66. The van der Waals surface area contributed by atoms with E-state index < -0.39 is 10.0 Å². The molecule has 6 nitrogen and oxygen atoms in total. The summed E-state index contributed by atoms with van der Waals surface area (Å²) in [5.41, 5.74) is 2.94. The van der Waals surface area contributed by atoms with Crippen LogP contribution in [0.25, 0.3) is 11.3 Å². The molecule has 0 atom stereocenters. The molecular formula is C18H17N3O3S. The van der Waals surface area contributed by atoms with Crippen LogP contribution in [0.5, 0.6) is 0 Å². The fraction of sp³-hybridized carbons (Fsp3) is 0.111. The Hall–Kier alpha value is -2.93. The second kappa shape index (κ2) is 6.52. The molecule has 7 heteroatoms. The molecule has 3 aromatic rings. The zero-order valence-corrected chi connectivity index (χ0v) is 14.6. The van der Waals surface area contributed by atoms with Crippen molar-refractivity contribution < 1.29 is 8.42 Å². The van der Waals surface area contributed by atoms with E-state index in [2.05, 4.69) is 14.9 Å². The maximum absolute atomic E-state index is 12.8. The lowest BCUT2D eigenvalue weighted by Gasteiger charge is -2.12. The lowest BCUT2D eigenvalue weighted by Crippen LogP contribution is -2.14. The first-order valence-corrected chi connectivity index (χ1v) is 9.10. The highest BCUT2D eigenvalue weighted by Crippen LogP contribution is 2.25. The summed E-state index contributed by atoms with van der Waals surface area (Å²) in [5.74, 6) is 0. The molecule has 128 valence electrons. The number of sulfonamides is 1. The fourth-order valence-corrected chi connectivity index (χ4v) is 3.72. The molecule has 2 aromatic carbocycles. The lowest BCUT2D eigenvalue weighted by molar-refractivity contribution is 0.600. The van der Waals surface area contributed by atoms with Crippen LogP contribution < -0.4 is 10.3 Å². The van der Waals surface area contributed by atoms with Gasteiger partial charge in [-0.15, -0.1) is 0 Å². The van der Waals surface area contributed by atoms with Crippen LogP contribution in [0.2, 0.25) is 0 Å². The van der Waals surface area contributed by atoms with Crippen molar-refractivity contribution in [2.75, 3.05) is 4.72 Å². The minimum Gasteiger partial charge on any atom is -0.280 e. The molecular weight excluding hydrogens is 338 g/mol. The minimum absolute atomic E-state index is 0.165. The van der Waals surface area contributed by atoms with E-state index in [1.165, 1.54) is 6.07 Å². The van der Waals surface area contributed by atoms with Gasteiger partial charge in [-0.2, -0.15) is 5.10 Å². The van der Waals surface area contributed by atoms with Crippen LogP contribution in [0.1, 0.15) is 11.1 Å². The third kappa shape index (κ3) is 3.77. The van der Waals surface area contributed by atoms with Crippen LogP contribution in [0, 0.1) is 13.8 Å². The molecule has 0 aliphatic carbocycles. The predicted octanol–water partition coefficient (Wildman–Crippen LogP) is 2.85. The van der Waals surface area contributed by atoms with Gasteiger partial charge in [0.2, 0.25) is 0 Å². The molecule has 0 bridgehead atoms. The lowest BCUT2D eigenvalue weighted by atomic mass is 10.1. The number of anilines is 1. The van der Waals surface area contributed by atoms with E-state index >= 15 is 0 Å². The Morgan fingerprint density at radius 1 is 0.960 bits per heavy atom. The normalized spacial score (nSPS) is 11.3. The third-order valence-electron chi connectivity index (χ3n) is 3.76. The van der Waals surface area contributed by atoms with Crippen molar-refractivity contribution in [1.82, 2.24) is 10.2 Å². The van der Waals surface area contributed by atoms with Gasteiger partial charge in [0.25, 0.3) is 15.6 Å². The summed E-state index contributed by atoms with van der Waals surface area (Å²) in [7, 11) is -3.75. The second-order valence-electron chi connectivity index (χ2n) is 5.76. The zero-order valence-electron chi connectivity index (χ0n) is 13.8. The number of H-pyrrole nitrogens is 1. The SMILES string of the molecule is Cc1ccc(NS(=O)(=O)c2cc(-c3ccc(=O)[nH]n3)ccc2C)cc1. The first kappa shape index (κ1) is 16.9. The molecule has 0 radical (unpaired) electrons. The first-order chi connectivity index (χ1) is 11.8. The van der Waals surface area contributed by atoms with Gasteiger partial charge in [-0.1, -0.05) is 29.8 Å². The summed E-state index contributed by atoms with van der Waals surface area (Å²) < 4.78 is 28.1. The van der Waals surface area contributed by atoms with Crippen LogP contribution in [-0.2, 0) is 10.0 Å². The molecule has 1 aromatic heterocycles. The van der Waals surface area contributed by atoms with Gasteiger partial charge in [0.05, 0.1) is 10.6 Å². The Labute approximate surface area is 145 Å². The molecule has 0 unspecified atom stereocenters. The van der Waals surface area contributed by atoms with Crippen molar-refractivity contribution in [3.05, 3.63) is 76.1 Å². The Bertz CT molecular complexity index is 1050. The highest BCUT2D eigenvalue weighted by molar-refractivity contribution is 7.92. The summed E-state index contributed by atoms with van der Waals surface area (Å²) in [6.07, 6.45) is 0. The number of aromatic amines is 1. The highest BCUT2D eigenvalue weighted by atomic mass is 32.2. The van der Waals surface area contributed by atoms with Gasteiger partial charge in [-0.05, 0) is 43.7 Å². The van der Waals surface area contributed by atoms with Crippen molar-refractivity contribution in [3.8, 4) is 11.3 Å². The highest BCUT2D eigenvalue weighted by Gasteiger charge is 2.18.